The lowest BCUT2D eigenvalue weighted by Crippen LogP contribution is -2.66. The molecule has 0 aromatic rings. The van der Waals surface area contributed by atoms with Gasteiger partial charge in [0.25, 0.3) is 0 Å². The van der Waals surface area contributed by atoms with Crippen LogP contribution in [0, 0.1) is 0 Å². The summed E-state index contributed by atoms with van der Waals surface area (Å²) in [7, 11) is 0. The lowest BCUT2D eigenvalue weighted by atomic mass is 9.96. The zero-order valence-electron chi connectivity index (χ0n) is 21.1. The molecule has 0 aromatic heterocycles. The van der Waals surface area contributed by atoms with Gasteiger partial charge in [0.15, 0.2) is 18.9 Å². The molecule has 16 heteroatoms. The largest absolute Gasteiger partial charge is 0.394 e. The molecule has 39 heavy (non-hydrogen) atoms. The Bertz CT molecular complexity index is 739. The van der Waals surface area contributed by atoms with Crippen molar-refractivity contribution in [2.75, 3.05) is 26.4 Å². The summed E-state index contributed by atoms with van der Waals surface area (Å²) < 4.78 is 32.8. The molecule has 3 aliphatic heterocycles. The average molecular weight is 573 g/mol. The summed E-state index contributed by atoms with van der Waals surface area (Å²) in [5, 5.41) is 102. The predicted molar refractivity (Wildman–Crippen MR) is 124 cm³/mol. The van der Waals surface area contributed by atoms with Crippen LogP contribution in [0.1, 0.15) is 12.8 Å². The van der Waals surface area contributed by atoms with Gasteiger partial charge in [-0.15, -0.1) is 6.58 Å². The Kier molecular flexibility index (Phi) is 12.4. The highest BCUT2D eigenvalue weighted by Gasteiger charge is 2.53. The van der Waals surface area contributed by atoms with Crippen LogP contribution >= 0.6 is 0 Å². The van der Waals surface area contributed by atoms with Crippen LogP contribution < -0.4 is 0 Å². The molecule has 0 amide bonds. The Hall–Kier alpha value is -0.900. The molecule has 8 unspecified atom stereocenters. The van der Waals surface area contributed by atoms with Crippen molar-refractivity contribution in [3.8, 4) is 0 Å². The van der Waals surface area contributed by atoms with E-state index < -0.39 is 112 Å². The molecule has 16 nitrogen and oxygen atoms in total. The number of aliphatic hydroxyl groups is 10. The highest BCUT2D eigenvalue weighted by molar-refractivity contribution is 4.96. The minimum Gasteiger partial charge on any atom is -0.394 e. The van der Waals surface area contributed by atoms with E-state index in [1.54, 1.807) is 6.08 Å². The molecule has 15 atom stereocenters. The second kappa shape index (κ2) is 14.8. The van der Waals surface area contributed by atoms with Gasteiger partial charge in [-0.05, 0) is 12.8 Å². The predicted octanol–water partition coefficient (Wildman–Crippen LogP) is -5.58. The van der Waals surface area contributed by atoms with Gasteiger partial charge in [-0.2, -0.15) is 0 Å². The van der Waals surface area contributed by atoms with Crippen molar-refractivity contribution in [3.63, 3.8) is 0 Å². The average Bonchev–Trinajstić information content (AvgIpc) is 2.93. The van der Waals surface area contributed by atoms with Gasteiger partial charge in [-0.3, -0.25) is 0 Å². The van der Waals surface area contributed by atoms with Crippen LogP contribution in [0.3, 0.4) is 0 Å². The first kappa shape index (κ1) is 32.6. The summed E-state index contributed by atoms with van der Waals surface area (Å²) >= 11 is 0. The molecule has 0 saturated carbocycles. The first-order chi connectivity index (χ1) is 18.6. The normalized spacial score (nSPS) is 47.2. The third-order valence-electron chi connectivity index (χ3n) is 6.91. The van der Waals surface area contributed by atoms with Crippen LogP contribution in [0.25, 0.3) is 0 Å². The van der Waals surface area contributed by atoms with Gasteiger partial charge in [-0.1, -0.05) is 6.08 Å². The first-order valence-electron chi connectivity index (χ1n) is 12.7. The zero-order chi connectivity index (χ0) is 28.9. The fourth-order valence-electron chi connectivity index (χ4n) is 4.61. The minimum atomic E-state index is -1.89. The summed E-state index contributed by atoms with van der Waals surface area (Å²) in [6.07, 6.45) is -21.1. The molecule has 0 bridgehead atoms. The van der Waals surface area contributed by atoms with Crippen molar-refractivity contribution < 1.29 is 79.5 Å². The van der Waals surface area contributed by atoms with Crippen molar-refractivity contribution in [1.82, 2.24) is 0 Å². The van der Waals surface area contributed by atoms with Crippen LogP contribution in [0.5, 0.6) is 0 Å². The summed E-state index contributed by atoms with van der Waals surface area (Å²) in [6, 6.07) is 0. The van der Waals surface area contributed by atoms with Crippen molar-refractivity contribution in [2.24, 2.45) is 0 Å². The van der Waals surface area contributed by atoms with Crippen molar-refractivity contribution in [1.29, 1.82) is 0 Å². The van der Waals surface area contributed by atoms with Crippen LogP contribution in [-0.4, -0.2) is 170 Å². The van der Waals surface area contributed by atoms with Crippen molar-refractivity contribution in [3.05, 3.63) is 12.7 Å². The number of hydrogen-bond acceptors (Lipinski definition) is 16. The Balaban J connectivity index is 1.67. The van der Waals surface area contributed by atoms with E-state index in [1.807, 2.05) is 0 Å². The maximum atomic E-state index is 10.8. The molecule has 0 aliphatic carbocycles. The summed E-state index contributed by atoms with van der Waals surface area (Å²) in [6.45, 7) is 1.54. The highest BCUT2D eigenvalue weighted by Crippen LogP contribution is 2.32. The number of allylic oxidation sites excluding steroid dienone is 1. The molecule has 0 spiro atoms. The third-order valence-corrected chi connectivity index (χ3v) is 6.91. The second-order valence-corrected chi connectivity index (χ2v) is 9.61. The topological polar surface area (TPSA) is 258 Å². The Morgan fingerprint density at radius 2 is 1.00 bits per heavy atom. The lowest BCUT2D eigenvalue weighted by molar-refractivity contribution is -0.379. The molecule has 10 N–H and O–H groups in total. The number of aliphatic hydroxyl groups excluding tert-OH is 10. The van der Waals surface area contributed by atoms with Crippen LogP contribution in [0.15, 0.2) is 12.7 Å². The molecular weight excluding hydrogens is 532 g/mol. The standard InChI is InChI=1S/C23H40O16/c1-2-3-4-5-34-21-17(32)14(29)19(10(7-25)36-21)39-23-18(33)15(30)20(11(8-26)37-23)38-22-16(31)13(28)12(27)9(6-24)35-22/h2,9-33H,1,3-8H2/t9?,10?,11?,12-,13?,14?,15?,16-,17?,18?,19+,20-,21+,22+,23-/m0/s1. The third kappa shape index (κ3) is 7.31. The number of ether oxygens (including phenoxy) is 6. The van der Waals surface area contributed by atoms with Crippen LogP contribution in [0.4, 0.5) is 0 Å². The lowest BCUT2D eigenvalue weighted by Gasteiger charge is -2.48. The van der Waals surface area contributed by atoms with E-state index >= 15 is 0 Å². The van der Waals surface area contributed by atoms with Gasteiger partial charge in [-0.25, -0.2) is 0 Å². The summed E-state index contributed by atoms with van der Waals surface area (Å²) in [4.78, 5) is 0. The minimum absolute atomic E-state index is 0.175. The molecule has 3 rings (SSSR count). The van der Waals surface area contributed by atoms with Gasteiger partial charge in [0.2, 0.25) is 0 Å². The van der Waals surface area contributed by atoms with Gasteiger partial charge in [0, 0.05) is 0 Å². The maximum absolute atomic E-state index is 10.8. The summed E-state index contributed by atoms with van der Waals surface area (Å²) in [5.41, 5.74) is 0. The SMILES string of the molecule is C=CCCCO[C@@H]1OC(CO)[C@@H](O[C@@H]2OC(CO)[C@H](O[C@H]3OC(CO)[C@H](O)C(O)[C@@H]3O)C(O)C2O)C(O)C1O. The molecular formula is C23H40O16. The van der Waals surface area contributed by atoms with E-state index in [0.717, 1.165) is 0 Å². The van der Waals surface area contributed by atoms with E-state index in [-0.39, 0.29) is 6.61 Å². The fraction of sp³-hybridized carbons (Fsp3) is 0.913. The zero-order valence-corrected chi connectivity index (χ0v) is 21.1. The molecule has 3 fully saturated rings. The number of rotatable bonds is 12. The second-order valence-electron chi connectivity index (χ2n) is 9.61. The van der Waals surface area contributed by atoms with E-state index in [0.29, 0.717) is 12.8 Å². The first-order valence-corrected chi connectivity index (χ1v) is 12.7. The molecule has 3 aliphatic rings. The molecule has 0 radical (unpaired) electrons. The van der Waals surface area contributed by atoms with E-state index in [9.17, 15) is 51.1 Å². The molecule has 3 saturated heterocycles. The number of unbranched alkanes of at least 4 members (excludes halogenated alkanes) is 1. The van der Waals surface area contributed by atoms with Crippen LogP contribution in [-0.2, 0) is 28.4 Å². The quantitative estimate of drug-likeness (QED) is 0.0772. The number of hydrogen-bond donors (Lipinski definition) is 10. The van der Waals surface area contributed by atoms with Crippen LogP contribution in [0.2, 0.25) is 0 Å². The maximum Gasteiger partial charge on any atom is 0.187 e. The Morgan fingerprint density at radius 1 is 0.564 bits per heavy atom. The van der Waals surface area contributed by atoms with Crippen molar-refractivity contribution >= 4 is 0 Å². The van der Waals surface area contributed by atoms with E-state index in [1.165, 1.54) is 0 Å². The van der Waals surface area contributed by atoms with Gasteiger partial charge in [0.05, 0.1) is 26.4 Å². The Morgan fingerprint density at radius 3 is 1.49 bits per heavy atom. The van der Waals surface area contributed by atoms with Gasteiger partial charge < -0.3 is 79.5 Å². The fourth-order valence-corrected chi connectivity index (χ4v) is 4.61. The van der Waals surface area contributed by atoms with Crippen molar-refractivity contribution in [2.45, 2.75) is 105 Å². The van der Waals surface area contributed by atoms with Gasteiger partial charge in [0.1, 0.15) is 73.2 Å². The Labute approximate surface area is 224 Å². The monoisotopic (exact) mass is 572 g/mol. The summed E-state index contributed by atoms with van der Waals surface area (Å²) in [5.74, 6) is 0. The molecule has 3 heterocycles. The van der Waals surface area contributed by atoms with Gasteiger partial charge >= 0.3 is 0 Å². The van der Waals surface area contributed by atoms with E-state index in [4.69, 9.17) is 28.4 Å². The molecule has 0 aromatic carbocycles. The molecule has 228 valence electrons. The highest BCUT2D eigenvalue weighted by atomic mass is 16.8. The smallest absolute Gasteiger partial charge is 0.187 e. The van der Waals surface area contributed by atoms with E-state index in [2.05, 4.69) is 6.58 Å².